The van der Waals surface area contributed by atoms with E-state index < -0.39 is 12.0 Å². The molecule has 6 nitrogen and oxygen atoms in total. The van der Waals surface area contributed by atoms with Crippen LogP contribution in [0.1, 0.15) is 33.1 Å². The third-order valence-electron chi connectivity index (χ3n) is 3.36. The lowest BCUT2D eigenvalue weighted by atomic mass is 10.0. The third kappa shape index (κ3) is 5.06. The first-order valence-electron chi connectivity index (χ1n) is 6.75. The zero-order valence-corrected chi connectivity index (χ0v) is 11.9. The van der Waals surface area contributed by atoms with Gasteiger partial charge in [0.15, 0.2) is 0 Å². The van der Waals surface area contributed by atoms with Crippen molar-refractivity contribution in [3.8, 4) is 0 Å². The number of hydrogen-bond acceptors (Lipinski definition) is 3. The second kappa shape index (κ2) is 7.33. The van der Waals surface area contributed by atoms with E-state index >= 15 is 0 Å². The van der Waals surface area contributed by atoms with Crippen molar-refractivity contribution in [3.63, 3.8) is 0 Å². The number of nitrogens with zero attached hydrogens (tertiary/aromatic N) is 1. The van der Waals surface area contributed by atoms with E-state index in [0.717, 1.165) is 12.8 Å². The van der Waals surface area contributed by atoms with Crippen LogP contribution in [-0.4, -0.2) is 54.4 Å². The van der Waals surface area contributed by atoms with Gasteiger partial charge in [-0.2, -0.15) is 0 Å². The fraction of sp³-hybridized carbons (Fsp3) is 0.846. The van der Waals surface area contributed by atoms with Crippen LogP contribution in [-0.2, 0) is 9.53 Å². The Morgan fingerprint density at radius 2 is 1.95 bits per heavy atom. The van der Waals surface area contributed by atoms with Gasteiger partial charge in [0.25, 0.3) is 0 Å². The predicted molar refractivity (Wildman–Crippen MR) is 71.0 cm³/mol. The van der Waals surface area contributed by atoms with Crippen LogP contribution in [0.4, 0.5) is 4.79 Å². The number of carbonyl (C=O) groups excluding carboxylic acids is 1. The van der Waals surface area contributed by atoms with Crippen molar-refractivity contribution < 1.29 is 19.4 Å². The number of aliphatic carboxylic acids is 1. The van der Waals surface area contributed by atoms with Crippen molar-refractivity contribution in [1.29, 1.82) is 0 Å². The maximum Gasteiger partial charge on any atom is 0.326 e. The number of rotatable bonds is 5. The van der Waals surface area contributed by atoms with Gasteiger partial charge in [-0.15, -0.1) is 0 Å². The van der Waals surface area contributed by atoms with Crippen LogP contribution in [0.25, 0.3) is 0 Å². The second-order valence-corrected chi connectivity index (χ2v) is 5.42. The fourth-order valence-electron chi connectivity index (χ4n) is 2.18. The van der Waals surface area contributed by atoms with E-state index in [1.54, 1.807) is 11.9 Å². The van der Waals surface area contributed by atoms with E-state index in [-0.39, 0.29) is 18.0 Å². The molecule has 2 N–H and O–H groups in total. The summed E-state index contributed by atoms with van der Waals surface area (Å²) in [6.07, 6.45) is 2.03. The minimum atomic E-state index is -0.984. The van der Waals surface area contributed by atoms with Gasteiger partial charge in [-0.3, -0.25) is 0 Å². The number of carboxylic acid groups (broad SMARTS) is 1. The van der Waals surface area contributed by atoms with Crippen molar-refractivity contribution in [2.75, 3.05) is 20.3 Å². The summed E-state index contributed by atoms with van der Waals surface area (Å²) >= 11 is 0. The van der Waals surface area contributed by atoms with E-state index in [4.69, 9.17) is 9.84 Å². The molecular formula is C13H24N2O4. The molecule has 1 heterocycles. The van der Waals surface area contributed by atoms with Crippen LogP contribution in [0.15, 0.2) is 0 Å². The topological polar surface area (TPSA) is 78.9 Å². The number of nitrogens with one attached hydrogen (secondary N) is 1. The highest BCUT2D eigenvalue weighted by molar-refractivity contribution is 5.82. The fourth-order valence-corrected chi connectivity index (χ4v) is 2.18. The summed E-state index contributed by atoms with van der Waals surface area (Å²) in [5.74, 6) is -0.766. The summed E-state index contributed by atoms with van der Waals surface area (Å²) in [5.41, 5.74) is 0. The highest BCUT2D eigenvalue weighted by Gasteiger charge is 2.26. The van der Waals surface area contributed by atoms with E-state index in [2.05, 4.69) is 5.32 Å². The van der Waals surface area contributed by atoms with Gasteiger partial charge in [0.2, 0.25) is 0 Å². The van der Waals surface area contributed by atoms with E-state index in [9.17, 15) is 9.59 Å². The minimum absolute atomic E-state index is 0.127. The molecular weight excluding hydrogens is 248 g/mol. The first-order valence-corrected chi connectivity index (χ1v) is 6.75. The maximum atomic E-state index is 12.0. The highest BCUT2D eigenvalue weighted by Crippen LogP contribution is 2.13. The van der Waals surface area contributed by atoms with Gasteiger partial charge in [-0.25, -0.2) is 9.59 Å². The molecule has 1 fully saturated rings. The van der Waals surface area contributed by atoms with Gasteiger partial charge in [0.05, 0.1) is 0 Å². The van der Waals surface area contributed by atoms with Gasteiger partial charge < -0.3 is 20.1 Å². The van der Waals surface area contributed by atoms with Crippen LogP contribution in [0, 0.1) is 5.92 Å². The Bertz CT molecular complexity index is 314. The zero-order chi connectivity index (χ0) is 14.4. The minimum Gasteiger partial charge on any atom is -0.480 e. The van der Waals surface area contributed by atoms with Crippen molar-refractivity contribution in [1.82, 2.24) is 10.2 Å². The molecule has 2 amide bonds. The Balaban J connectivity index is 2.52. The van der Waals surface area contributed by atoms with Gasteiger partial charge in [-0.05, 0) is 25.2 Å². The van der Waals surface area contributed by atoms with Gasteiger partial charge in [0, 0.05) is 26.3 Å². The van der Waals surface area contributed by atoms with Crippen LogP contribution in [0.3, 0.4) is 0 Å². The molecule has 0 aromatic heterocycles. The Hall–Kier alpha value is -1.30. The summed E-state index contributed by atoms with van der Waals surface area (Å²) < 4.78 is 5.25. The number of hydrogen-bond donors (Lipinski definition) is 2. The molecule has 1 rings (SSSR count). The lowest BCUT2D eigenvalue weighted by molar-refractivity contribution is -0.139. The summed E-state index contributed by atoms with van der Waals surface area (Å²) in [4.78, 5) is 24.8. The average molecular weight is 272 g/mol. The number of amides is 2. The van der Waals surface area contributed by atoms with Crippen LogP contribution in [0.2, 0.25) is 0 Å². The lowest BCUT2D eigenvalue weighted by Crippen LogP contribution is -2.51. The number of carboxylic acids is 1. The van der Waals surface area contributed by atoms with Gasteiger partial charge in [0.1, 0.15) is 6.04 Å². The first kappa shape index (κ1) is 15.8. The smallest absolute Gasteiger partial charge is 0.326 e. The molecule has 1 aliphatic rings. The van der Waals surface area contributed by atoms with Crippen LogP contribution < -0.4 is 5.32 Å². The molecule has 0 aromatic rings. The Kier molecular flexibility index (Phi) is 6.08. The molecule has 0 aromatic carbocycles. The van der Waals surface area contributed by atoms with Crippen molar-refractivity contribution in [3.05, 3.63) is 0 Å². The van der Waals surface area contributed by atoms with Crippen molar-refractivity contribution >= 4 is 12.0 Å². The Labute approximate surface area is 114 Å². The van der Waals surface area contributed by atoms with E-state index in [1.165, 1.54) is 0 Å². The average Bonchev–Trinajstić information content (AvgIpc) is 2.37. The molecule has 0 spiro atoms. The molecule has 0 bridgehead atoms. The van der Waals surface area contributed by atoms with E-state index in [0.29, 0.717) is 19.6 Å². The Morgan fingerprint density at radius 1 is 1.37 bits per heavy atom. The molecule has 0 saturated carbocycles. The van der Waals surface area contributed by atoms with Crippen molar-refractivity contribution in [2.24, 2.45) is 5.92 Å². The molecule has 19 heavy (non-hydrogen) atoms. The van der Waals surface area contributed by atoms with Gasteiger partial charge >= 0.3 is 12.0 Å². The van der Waals surface area contributed by atoms with Crippen LogP contribution >= 0.6 is 0 Å². The largest absolute Gasteiger partial charge is 0.480 e. The van der Waals surface area contributed by atoms with Crippen molar-refractivity contribution in [2.45, 2.75) is 45.2 Å². The zero-order valence-electron chi connectivity index (χ0n) is 11.9. The summed E-state index contributed by atoms with van der Waals surface area (Å²) in [6, 6.07) is -1.02. The highest BCUT2D eigenvalue weighted by atomic mass is 16.5. The van der Waals surface area contributed by atoms with E-state index in [1.807, 2.05) is 13.8 Å². The molecule has 1 atom stereocenters. The summed E-state index contributed by atoms with van der Waals surface area (Å²) in [7, 11) is 1.71. The maximum absolute atomic E-state index is 12.0. The lowest BCUT2D eigenvalue weighted by Gasteiger charge is -2.32. The monoisotopic (exact) mass is 272 g/mol. The SMILES string of the molecule is CC(C)C[C@@H](NC(=O)N(C)C1CCOCC1)C(=O)O. The third-order valence-corrected chi connectivity index (χ3v) is 3.36. The number of carbonyl (C=O) groups is 2. The second-order valence-electron chi connectivity index (χ2n) is 5.42. The summed E-state index contributed by atoms with van der Waals surface area (Å²) in [5, 5.41) is 11.7. The number of ether oxygens (including phenoxy) is 1. The standard InChI is InChI=1S/C13H24N2O4/c1-9(2)8-11(12(16)17)14-13(18)15(3)10-4-6-19-7-5-10/h9-11H,4-8H2,1-3H3,(H,14,18)(H,16,17)/t11-/m1/s1. The van der Waals surface area contributed by atoms with Crippen LogP contribution in [0.5, 0.6) is 0 Å². The normalized spacial score (nSPS) is 18.1. The molecule has 0 radical (unpaired) electrons. The molecule has 0 aliphatic carbocycles. The Morgan fingerprint density at radius 3 is 2.42 bits per heavy atom. The molecule has 6 heteroatoms. The predicted octanol–water partition coefficient (Wildman–Crippen LogP) is 1.31. The molecule has 1 aliphatic heterocycles. The molecule has 110 valence electrons. The summed E-state index contributed by atoms with van der Waals surface area (Å²) in [6.45, 7) is 5.17. The number of urea groups is 1. The first-order chi connectivity index (χ1) is 8.91. The molecule has 0 unspecified atom stereocenters. The molecule has 1 saturated heterocycles. The van der Waals surface area contributed by atoms with Gasteiger partial charge in [-0.1, -0.05) is 13.8 Å². The quantitative estimate of drug-likeness (QED) is 0.791.